The van der Waals surface area contributed by atoms with Crippen LogP contribution in [0.3, 0.4) is 0 Å². The molecule has 0 radical (unpaired) electrons. The molecule has 0 atom stereocenters. The van der Waals surface area contributed by atoms with Gasteiger partial charge in [0.05, 0.1) is 17.8 Å². The fourth-order valence-electron chi connectivity index (χ4n) is 2.41. The van der Waals surface area contributed by atoms with Crippen molar-refractivity contribution in [3.05, 3.63) is 24.0 Å². The van der Waals surface area contributed by atoms with Gasteiger partial charge in [0.15, 0.2) is 5.82 Å². The van der Waals surface area contributed by atoms with Gasteiger partial charge in [-0.3, -0.25) is 0 Å². The zero-order valence-corrected chi connectivity index (χ0v) is 11.2. The van der Waals surface area contributed by atoms with Gasteiger partial charge in [-0.25, -0.2) is 9.07 Å². The van der Waals surface area contributed by atoms with Crippen LogP contribution in [0.4, 0.5) is 10.1 Å². The van der Waals surface area contributed by atoms with Gasteiger partial charge in [0.1, 0.15) is 5.82 Å². The normalized spacial score (nSPS) is 21.7. The van der Waals surface area contributed by atoms with Crippen molar-refractivity contribution in [3.8, 4) is 11.4 Å². The summed E-state index contributed by atoms with van der Waals surface area (Å²) in [5.41, 5.74) is 6.22. The molecule has 1 aromatic heterocycles. The van der Waals surface area contributed by atoms with Crippen molar-refractivity contribution in [2.45, 2.75) is 31.9 Å². The highest BCUT2D eigenvalue weighted by Gasteiger charge is 2.33. The molecule has 2 aromatic rings. The second-order valence-electron chi connectivity index (χ2n) is 4.89. The van der Waals surface area contributed by atoms with Crippen molar-refractivity contribution in [3.63, 3.8) is 0 Å². The summed E-state index contributed by atoms with van der Waals surface area (Å²) in [4.78, 5) is 0. The summed E-state index contributed by atoms with van der Waals surface area (Å²) in [5.74, 6) is 0.0988. The van der Waals surface area contributed by atoms with E-state index in [1.807, 2.05) is 6.92 Å². The summed E-state index contributed by atoms with van der Waals surface area (Å²) in [6, 6.07) is 4.81. The second-order valence-corrected chi connectivity index (χ2v) is 4.89. The van der Waals surface area contributed by atoms with Crippen molar-refractivity contribution >= 4 is 5.69 Å². The molecular formula is C13H16FN5O. The monoisotopic (exact) mass is 277 g/mol. The summed E-state index contributed by atoms with van der Waals surface area (Å²) in [6.45, 7) is 2.69. The minimum absolute atomic E-state index is 0.118. The Balaban J connectivity index is 1.82. The lowest BCUT2D eigenvalue weighted by molar-refractivity contribution is -0.0227. The highest BCUT2D eigenvalue weighted by atomic mass is 19.1. The van der Waals surface area contributed by atoms with Gasteiger partial charge < -0.3 is 10.5 Å². The van der Waals surface area contributed by atoms with E-state index in [0.29, 0.717) is 18.0 Å². The maximum atomic E-state index is 13.5. The van der Waals surface area contributed by atoms with E-state index in [0.717, 1.165) is 12.8 Å². The third-order valence-electron chi connectivity index (χ3n) is 3.57. The van der Waals surface area contributed by atoms with Crippen LogP contribution in [0.15, 0.2) is 18.2 Å². The average Bonchev–Trinajstić information content (AvgIpc) is 2.85. The predicted octanol–water partition coefficient (Wildman–Crippen LogP) is 1.80. The summed E-state index contributed by atoms with van der Waals surface area (Å²) in [7, 11) is 0. The molecule has 0 bridgehead atoms. The van der Waals surface area contributed by atoms with Crippen LogP contribution in [0.5, 0.6) is 0 Å². The minimum atomic E-state index is -0.460. The van der Waals surface area contributed by atoms with E-state index in [4.69, 9.17) is 10.5 Å². The molecule has 0 spiro atoms. The summed E-state index contributed by atoms with van der Waals surface area (Å²) in [5, 5.41) is 11.7. The number of hydrogen-bond donors (Lipinski definition) is 1. The first kappa shape index (κ1) is 13.0. The minimum Gasteiger partial charge on any atom is -0.396 e. The van der Waals surface area contributed by atoms with Crippen molar-refractivity contribution in [2.75, 3.05) is 12.3 Å². The number of aromatic nitrogens is 4. The van der Waals surface area contributed by atoms with Crippen molar-refractivity contribution in [2.24, 2.45) is 0 Å². The molecule has 6 nitrogen and oxygen atoms in total. The fourth-order valence-corrected chi connectivity index (χ4v) is 2.41. The van der Waals surface area contributed by atoms with Gasteiger partial charge in [0.2, 0.25) is 0 Å². The van der Waals surface area contributed by atoms with Crippen LogP contribution in [-0.4, -0.2) is 32.9 Å². The van der Waals surface area contributed by atoms with E-state index < -0.39 is 5.82 Å². The first-order valence-electron chi connectivity index (χ1n) is 6.64. The van der Waals surface area contributed by atoms with E-state index in [-0.39, 0.29) is 17.8 Å². The molecule has 0 aliphatic heterocycles. The molecule has 20 heavy (non-hydrogen) atoms. The van der Waals surface area contributed by atoms with Crippen LogP contribution in [0.1, 0.15) is 25.8 Å². The van der Waals surface area contributed by atoms with E-state index in [1.54, 1.807) is 10.7 Å². The third-order valence-corrected chi connectivity index (χ3v) is 3.57. The Labute approximate surface area is 115 Å². The summed E-state index contributed by atoms with van der Waals surface area (Å²) < 4.78 is 20.8. The number of nitrogen functional groups attached to an aromatic ring is 1. The molecule has 1 fully saturated rings. The molecule has 2 N–H and O–H groups in total. The fraction of sp³-hybridized carbons (Fsp3) is 0.462. The first-order valence-corrected chi connectivity index (χ1v) is 6.64. The van der Waals surface area contributed by atoms with Crippen LogP contribution in [0.25, 0.3) is 11.4 Å². The first-order chi connectivity index (χ1) is 9.69. The maximum absolute atomic E-state index is 13.5. The smallest absolute Gasteiger partial charge is 0.182 e. The number of hydrogen-bond acceptors (Lipinski definition) is 5. The van der Waals surface area contributed by atoms with Gasteiger partial charge in [-0.1, -0.05) is 0 Å². The maximum Gasteiger partial charge on any atom is 0.182 e. The highest BCUT2D eigenvalue weighted by molar-refractivity contribution is 5.59. The Hall–Kier alpha value is -2.02. The number of anilines is 1. The molecule has 0 unspecified atom stereocenters. The van der Waals surface area contributed by atoms with Gasteiger partial charge >= 0.3 is 0 Å². The number of tetrazole rings is 1. The molecule has 106 valence electrons. The number of ether oxygens (including phenoxy) is 1. The van der Waals surface area contributed by atoms with Gasteiger partial charge in [-0.15, -0.1) is 5.10 Å². The highest BCUT2D eigenvalue weighted by Crippen LogP contribution is 2.36. The zero-order chi connectivity index (χ0) is 14.1. The number of halogens is 1. The van der Waals surface area contributed by atoms with Crippen molar-refractivity contribution < 1.29 is 9.13 Å². The predicted molar refractivity (Wildman–Crippen MR) is 71.3 cm³/mol. The Kier molecular flexibility index (Phi) is 3.35. The molecule has 1 heterocycles. The molecule has 1 saturated carbocycles. The summed E-state index contributed by atoms with van der Waals surface area (Å²) >= 11 is 0. The van der Waals surface area contributed by atoms with E-state index in [2.05, 4.69) is 15.5 Å². The third kappa shape index (κ3) is 2.24. The molecule has 3 rings (SSSR count). The van der Waals surface area contributed by atoms with Crippen LogP contribution >= 0.6 is 0 Å². The number of benzene rings is 1. The quantitative estimate of drug-likeness (QED) is 0.862. The van der Waals surface area contributed by atoms with E-state index >= 15 is 0 Å². The summed E-state index contributed by atoms with van der Waals surface area (Å²) in [6.07, 6.45) is 2.03. The van der Waals surface area contributed by atoms with Crippen LogP contribution < -0.4 is 5.73 Å². The van der Waals surface area contributed by atoms with Crippen LogP contribution in [0, 0.1) is 5.82 Å². The van der Waals surface area contributed by atoms with Crippen LogP contribution in [-0.2, 0) is 4.74 Å². The van der Waals surface area contributed by atoms with E-state index in [1.165, 1.54) is 12.1 Å². The van der Waals surface area contributed by atoms with Crippen LogP contribution in [0.2, 0.25) is 0 Å². The largest absolute Gasteiger partial charge is 0.396 e. The Morgan fingerprint density at radius 2 is 2.25 bits per heavy atom. The Morgan fingerprint density at radius 1 is 1.45 bits per heavy atom. The zero-order valence-electron chi connectivity index (χ0n) is 11.2. The van der Waals surface area contributed by atoms with Crippen molar-refractivity contribution in [1.29, 1.82) is 0 Å². The van der Waals surface area contributed by atoms with Gasteiger partial charge in [-0.2, -0.15) is 0 Å². The molecule has 0 amide bonds. The average molecular weight is 277 g/mol. The lowest BCUT2D eigenvalue weighted by Gasteiger charge is -2.34. The van der Waals surface area contributed by atoms with E-state index in [9.17, 15) is 4.39 Å². The SMILES string of the molecule is CCOC1CC(n2nnnc2-c2ccc(N)c(F)c2)C1. The lowest BCUT2D eigenvalue weighted by atomic mass is 9.89. The Morgan fingerprint density at radius 3 is 2.95 bits per heavy atom. The molecular weight excluding hydrogens is 261 g/mol. The number of rotatable bonds is 4. The standard InChI is InChI=1S/C13H16FN5O/c1-2-20-10-6-9(7-10)19-13(16-17-18-19)8-3-4-12(15)11(14)5-8/h3-5,9-10H,2,6-7,15H2,1H3. The molecule has 0 saturated heterocycles. The van der Waals surface area contributed by atoms with Gasteiger partial charge in [-0.05, 0) is 48.4 Å². The lowest BCUT2D eigenvalue weighted by Crippen LogP contribution is -2.34. The number of nitrogens with zero attached hydrogens (tertiary/aromatic N) is 4. The molecule has 1 aliphatic rings. The molecule has 1 aromatic carbocycles. The number of nitrogens with two attached hydrogens (primary N) is 1. The molecule has 1 aliphatic carbocycles. The Bertz CT molecular complexity index is 609. The van der Waals surface area contributed by atoms with Gasteiger partial charge in [0, 0.05) is 12.2 Å². The molecule has 7 heteroatoms. The topological polar surface area (TPSA) is 78.8 Å². The van der Waals surface area contributed by atoms with Gasteiger partial charge in [0.25, 0.3) is 0 Å². The van der Waals surface area contributed by atoms with Crippen molar-refractivity contribution in [1.82, 2.24) is 20.2 Å². The second kappa shape index (κ2) is 5.16.